The van der Waals surface area contributed by atoms with Crippen LogP contribution in [0.15, 0.2) is 30.3 Å². The minimum Gasteiger partial charge on any atom is -0.485 e. The third kappa shape index (κ3) is 3.09. The highest BCUT2D eigenvalue weighted by atomic mass is 32.1. The zero-order valence-corrected chi connectivity index (χ0v) is 11.0. The quantitative estimate of drug-likeness (QED) is 0.897. The lowest BCUT2D eigenvalue weighted by atomic mass is 10.2. The Bertz CT molecular complexity index is 522. The monoisotopic (exact) mass is 266 g/mol. The average Bonchev–Trinajstić information content (AvgIpc) is 2.85. The number of aliphatic hydroxyl groups excluding tert-OH is 1. The van der Waals surface area contributed by atoms with Gasteiger partial charge in [-0.3, -0.25) is 0 Å². The average molecular weight is 266 g/mol. The van der Waals surface area contributed by atoms with Crippen LogP contribution in [0.4, 0.5) is 4.39 Å². The van der Waals surface area contributed by atoms with E-state index in [0.29, 0.717) is 12.2 Å². The third-order valence-electron chi connectivity index (χ3n) is 2.61. The van der Waals surface area contributed by atoms with E-state index >= 15 is 0 Å². The number of hydrogen-bond acceptors (Lipinski definition) is 3. The molecule has 2 aromatic rings. The number of halogens is 1. The van der Waals surface area contributed by atoms with Crippen LogP contribution in [0.3, 0.4) is 0 Å². The fourth-order valence-corrected chi connectivity index (χ4v) is 2.47. The molecule has 0 bridgehead atoms. The molecule has 0 aliphatic rings. The predicted molar refractivity (Wildman–Crippen MR) is 70.4 cm³/mol. The van der Waals surface area contributed by atoms with Crippen molar-refractivity contribution in [3.8, 4) is 5.75 Å². The number of aliphatic hydroxyl groups is 1. The molecule has 0 aliphatic carbocycles. The van der Waals surface area contributed by atoms with Crippen LogP contribution in [-0.4, -0.2) is 5.11 Å². The summed E-state index contributed by atoms with van der Waals surface area (Å²) in [5.74, 6) is -0.215. The molecule has 1 heterocycles. The van der Waals surface area contributed by atoms with Gasteiger partial charge >= 0.3 is 0 Å². The largest absolute Gasteiger partial charge is 0.485 e. The van der Waals surface area contributed by atoms with Crippen molar-refractivity contribution in [1.82, 2.24) is 0 Å². The maximum Gasteiger partial charge on any atom is 0.165 e. The van der Waals surface area contributed by atoms with Gasteiger partial charge in [0.2, 0.25) is 0 Å². The van der Waals surface area contributed by atoms with Gasteiger partial charge in [-0.2, -0.15) is 0 Å². The van der Waals surface area contributed by atoms with Crippen molar-refractivity contribution in [2.75, 3.05) is 0 Å². The second-order valence-electron chi connectivity index (χ2n) is 3.93. The van der Waals surface area contributed by atoms with Crippen LogP contribution in [-0.2, 0) is 19.6 Å². The van der Waals surface area contributed by atoms with Gasteiger partial charge in [0.05, 0.1) is 6.61 Å². The summed E-state index contributed by atoms with van der Waals surface area (Å²) >= 11 is 1.68. The normalized spacial score (nSPS) is 10.6. The van der Waals surface area contributed by atoms with E-state index in [9.17, 15) is 4.39 Å². The summed E-state index contributed by atoms with van der Waals surface area (Å²) in [5, 5.41) is 8.88. The summed E-state index contributed by atoms with van der Waals surface area (Å²) in [4.78, 5) is 2.38. The third-order valence-corrected chi connectivity index (χ3v) is 3.82. The van der Waals surface area contributed by atoms with Crippen molar-refractivity contribution < 1.29 is 14.2 Å². The van der Waals surface area contributed by atoms with Gasteiger partial charge in [0, 0.05) is 9.75 Å². The summed E-state index contributed by atoms with van der Waals surface area (Å²) in [6.07, 6.45) is 1.00. The molecule has 18 heavy (non-hydrogen) atoms. The standard InChI is InChI=1S/C14H15FO2S/c1-2-11-4-5-12(18-11)9-17-14-6-3-10(8-16)7-13(14)15/h3-7,16H,2,8-9H2,1H3. The van der Waals surface area contributed by atoms with Gasteiger partial charge in [0.1, 0.15) is 6.61 Å². The van der Waals surface area contributed by atoms with Gasteiger partial charge < -0.3 is 9.84 Å². The van der Waals surface area contributed by atoms with E-state index in [1.54, 1.807) is 23.5 Å². The Labute approximate surface area is 110 Å². The van der Waals surface area contributed by atoms with Gasteiger partial charge in [-0.15, -0.1) is 11.3 Å². The first-order chi connectivity index (χ1) is 8.72. The first-order valence-electron chi connectivity index (χ1n) is 5.82. The summed E-state index contributed by atoms with van der Waals surface area (Å²) < 4.78 is 19.0. The predicted octanol–water partition coefficient (Wildman–Crippen LogP) is 3.52. The molecule has 1 aromatic heterocycles. The number of thiophene rings is 1. The molecule has 4 heteroatoms. The number of aryl methyl sites for hydroxylation is 1. The first-order valence-corrected chi connectivity index (χ1v) is 6.64. The van der Waals surface area contributed by atoms with Crippen molar-refractivity contribution in [1.29, 1.82) is 0 Å². The van der Waals surface area contributed by atoms with Crippen molar-refractivity contribution in [2.24, 2.45) is 0 Å². The lowest BCUT2D eigenvalue weighted by Gasteiger charge is -2.06. The summed E-state index contributed by atoms with van der Waals surface area (Å²) in [7, 11) is 0. The zero-order valence-electron chi connectivity index (χ0n) is 10.1. The first kappa shape index (κ1) is 13.1. The lowest BCUT2D eigenvalue weighted by molar-refractivity contribution is 0.277. The van der Waals surface area contributed by atoms with Crippen LogP contribution in [0.2, 0.25) is 0 Å². The molecule has 0 saturated carbocycles. The maximum atomic E-state index is 13.6. The number of hydrogen-bond donors (Lipinski definition) is 1. The van der Waals surface area contributed by atoms with Crippen LogP contribution in [0, 0.1) is 5.82 Å². The van der Waals surface area contributed by atoms with Crippen molar-refractivity contribution >= 4 is 11.3 Å². The Morgan fingerprint density at radius 1 is 1.22 bits per heavy atom. The molecule has 2 rings (SSSR count). The molecular weight excluding hydrogens is 251 g/mol. The summed E-state index contributed by atoms with van der Waals surface area (Å²) in [6.45, 7) is 2.31. The smallest absolute Gasteiger partial charge is 0.165 e. The van der Waals surface area contributed by atoms with Gasteiger partial charge in [0.25, 0.3) is 0 Å². The molecule has 0 unspecified atom stereocenters. The van der Waals surface area contributed by atoms with Gasteiger partial charge in [0.15, 0.2) is 11.6 Å². The highest BCUT2D eigenvalue weighted by Gasteiger charge is 2.06. The molecule has 0 fully saturated rings. The van der Waals surface area contributed by atoms with Crippen molar-refractivity contribution in [3.63, 3.8) is 0 Å². The highest BCUT2D eigenvalue weighted by Crippen LogP contribution is 2.22. The van der Waals surface area contributed by atoms with E-state index in [1.165, 1.54) is 10.9 Å². The molecule has 0 radical (unpaired) electrons. The Hall–Kier alpha value is -1.39. The molecule has 1 aromatic carbocycles. The SMILES string of the molecule is CCc1ccc(COc2ccc(CO)cc2F)s1. The molecule has 1 N–H and O–H groups in total. The summed E-state index contributed by atoms with van der Waals surface area (Å²) in [5.41, 5.74) is 0.546. The Morgan fingerprint density at radius 3 is 2.61 bits per heavy atom. The molecule has 0 saturated heterocycles. The van der Waals surface area contributed by atoms with E-state index in [4.69, 9.17) is 9.84 Å². The van der Waals surface area contributed by atoms with E-state index in [2.05, 4.69) is 13.0 Å². The zero-order chi connectivity index (χ0) is 13.0. The Kier molecular flexibility index (Phi) is 4.33. The van der Waals surface area contributed by atoms with Crippen molar-refractivity contribution in [2.45, 2.75) is 26.6 Å². The van der Waals surface area contributed by atoms with Crippen LogP contribution in [0.25, 0.3) is 0 Å². The maximum absolute atomic E-state index is 13.6. The van der Waals surface area contributed by atoms with E-state index in [0.717, 1.165) is 11.3 Å². The highest BCUT2D eigenvalue weighted by molar-refractivity contribution is 7.11. The van der Waals surface area contributed by atoms with E-state index in [1.807, 2.05) is 6.07 Å². The lowest BCUT2D eigenvalue weighted by Crippen LogP contribution is -1.96. The second-order valence-corrected chi connectivity index (χ2v) is 5.19. The molecule has 0 amide bonds. The topological polar surface area (TPSA) is 29.5 Å². The summed E-state index contributed by atoms with van der Waals surface area (Å²) in [6, 6.07) is 8.57. The van der Waals surface area contributed by atoms with Crippen LogP contribution < -0.4 is 4.74 Å². The molecular formula is C14H15FO2S. The van der Waals surface area contributed by atoms with Crippen LogP contribution in [0.5, 0.6) is 5.75 Å². The minimum atomic E-state index is -0.436. The minimum absolute atomic E-state index is 0.165. The number of ether oxygens (including phenoxy) is 1. The number of benzene rings is 1. The van der Waals surface area contributed by atoms with Crippen LogP contribution in [0.1, 0.15) is 22.2 Å². The van der Waals surface area contributed by atoms with E-state index < -0.39 is 5.82 Å². The molecule has 0 aliphatic heterocycles. The Balaban J connectivity index is 2.01. The molecule has 2 nitrogen and oxygen atoms in total. The molecule has 0 spiro atoms. The van der Waals surface area contributed by atoms with Gasteiger partial charge in [-0.25, -0.2) is 4.39 Å². The molecule has 0 atom stereocenters. The Morgan fingerprint density at radius 2 is 2.00 bits per heavy atom. The molecule has 96 valence electrons. The van der Waals surface area contributed by atoms with Gasteiger partial charge in [-0.1, -0.05) is 13.0 Å². The fraction of sp³-hybridized carbons (Fsp3) is 0.286. The number of rotatable bonds is 5. The van der Waals surface area contributed by atoms with Crippen LogP contribution >= 0.6 is 11.3 Å². The van der Waals surface area contributed by atoms with Crippen molar-refractivity contribution in [3.05, 3.63) is 51.5 Å². The van der Waals surface area contributed by atoms with Gasteiger partial charge in [-0.05, 0) is 36.2 Å². The fourth-order valence-electron chi connectivity index (χ4n) is 1.60. The van der Waals surface area contributed by atoms with E-state index in [-0.39, 0.29) is 12.4 Å². The second kappa shape index (κ2) is 5.98.